The summed E-state index contributed by atoms with van der Waals surface area (Å²) in [5.74, 6) is -0.619. The summed E-state index contributed by atoms with van der Waals surface area (Å²) in [5.41, 5.74) is -0.478. The van der Waals surface area contributed by atoms with Crippen LogP contribution in [-0.2, 0) is 24.3 Å². The van der Waals surface area contributed by atoms with Gasteiger partial charge < -0.3 is 13.9 Å². The Morgan fingerprint density at radius 2 is 2.02 bits per heavy atom. The van der Waals surface area contributed by atoms with Gasteiger partial charge in [0.15, 0.2) is 11.9 Å². The van der Waals surface area contributed by atoms with Crippen molar-refractivity contribution >= 4 is 43.3 Å². The Labute approximate surface area is 240 Å². The van der Waals surface area contributed by atoms with Gasteiger partial charge >= 0.3 is 6.18 Å². The number of para-hydroxylation sites is 1. The second kappa shape index (κ2) is 11.4. The first-order valence-corrected chi connectivity index (χ1v) is 13.0. The van der Waals surface area contributed by atoms with Crippen molar-refractivity contribution in [2.45, 2.75) is 38.7 Å². The maximum absolute atomic E-state index is 13.5. The van der Waals surface area contributed by atoms with Gasteiger partial charge in [-0.05, 0) is 46.6 Å². The zero-order chi connectivity index (χ0) is 31.1. The van der Waals surface area contributed by atoms with Crippen molar-refractivity contribution in [3.05, 3.63) is 76.7 Å². The van der Waals surface area contributed by atoms with Crippen LogP contribution < -0.4 is 9.47 Å². The Bertz CT molecular complexity index is 1800. The van der Waals surface area contributed by atoms with Crippen LogP contribution in [0.2, 0.25) is 0 Å². The van der Waals surface area contributed by atoms with Crippen LogP contribution in [0.1, 0.15) is 22.3 Å². The Balaban J connectivity index is 1.46. The van der Waals surface area contributed by atoms with Crippen molar-refractivity contribution < 1.29 is 40.4 Å². The molecule has 8 nitrogen and oxygen atoms in total. The molecule has 1 aromatic carbocycles. The Morgan fingerprint density at radius 1 is 1.23 bits per heavy atom. The number of hydrogen-bond acceptors (Lipinski definition) is 8. The Morgan fingerprint density at radius 3 is 2.75 bits per heavy atom. The highest BCUT2D eigenvalue weighted by Gasteiger charge is 2.29. The summed E-state index contributed by atoms with van der Waals surface area (Å²) in [7, 11) is 0. The molecule has 0 bridgehead atoms. The number of thiophene rings is 1. The van der Waals surface area contributed by atoms with E-state index in [0.29, 0.717) is 24.2 Å². The summed E-state index contributed by atoms with van der Waals surface area (Å²) >= 11 is 4.59. The highest BCUT2D eigenvalue weighted by molar-refractivity contribution is 9.10. The number of fused-ring (bicyclic) bond motifs is 1. The normalized spacial score (nSPS) is 14.8. The quantitative estimate of drug-likeness (QED) is 0.155. The lowest BCUT2D eigenvalue weighted by Crippen LogP contribution is -2.28. The van der Waals surface area contributed by atoms with E-state index in [1.165, 1.54) is 43.6 Å². The molecule has 14 heteroatoms. The van der Waals surface area contributed by atoms with E-state index < -0.39 is 49.3 Å². The van der Waals surface area contributed by atoms with Gasteiger partial charge in [-0.1, -0.05) is 18.2 Å². The molecular formula is C26H19BrF4N4O4S. The van der Waals surface area contributed by atoms with Crippen LogP contribution in [0, 0.1) is 6.01 Å². The molecule has 0 aliphatic heterocycles. The zero-order valence-electron chi connectivity index (χ0n) is 23.3. The maximum Gasteiger partial charge on any atom is 0.408 e. The predicted molar refractivity (Wildman–Crippen MR) is 141 cm³/mol. The fourth-order valence-corrected chi connectivity index (χ4v) is 5.52. The topological polar surface area (TPSA) is 92.3 Å². The molecule has 0 saturated carbocycles. The lowest BCUT2D eigenvalue weighted by Gasteiger charge is -2.19. The monoisotopic (exact) mass is 641 g/mol. The number of nitrogens with zero attached hydrogens (tertiary/aromatic N) is 4. The SMILES string of the molecule is [2H][C@@H](c1ccccc1OC([2H])([2H])c1ccnn1CC(F)(F)F)[C@@H](Oc1ncnc2sc(-c3ccc(F)o3)c(Br)c12)C(C)=O. The molecule has 2 atom stereocenters. The van der Waals surface area contributed by atoms with Crippen molar-refractivity contribution in [1.82, 2.24) is 19.7 Å². The number of alkyl halides is 3. The number of carbonyl (C=O) groups is 1. The highest BCUT2D eigenvalue weighted by Crippen LogP contribution is 2.45. The molecule has 40 heavy (non-hydrogen) atoms. The molecule has 5 rings (SSSR count). The minimum absolute atomic E-state index is 0.0231. The van der Waals surface area contributed by atoms with Gasteiger partial charge in [-0.15, -0.1) is 11.3 Å². The summed E-state index contributed by atoms with van der Waals surface area (Å²) in [4.78, 5) is 22.0. The second-order valence-electron chi connectivity index (χ2n) is 8.25. The number of carbonyl (C=O) groups excluding carboxylic acids is 1. The number of furan rings is 1. The summed E-state index contributed by atoms with van der Waals surface area (Å²) in [6.45, 7) is -3.14. The van der Waals surface area contributed by atoms with Crippen molar-refractivity contribution in [3.8, 4) is 22.3 Å². The molecule has 0 spiro atoms. The first-order chi connectivity index (χ1) is 20.2. The maximum atomic E-state index is 13.5. The molecule has 208 valence electrons. The average Bonchev–Trinajstić information content (AvgIpc) is 3.65. The van der Waals surface area contributed by atoms with Crippen LogP contribution in [0.4, 0.5) is 17.6 Å². The van der Waals surface area contributed by atoms with Gasteiger partial charge in [0.05, 0.1) is 23.2 Å². The lowest BCUT2D eigenvalue weighted by atomic mass is 10.0. The number of halogens is 5. The molecule has 0 aliphatic rings. The van der Waals surface area contributed by atoms with E-state index >= 15 is 0 Å². The van der Waals surface area contributed by atoms with Gasteiger partial charge in [0.1, 0.15) is 35.8 Å². The van der Waals surface area contributed by atoms with E-state index in [-0.39, 0.29) is 23.0 Å². The molecule has 0 radical (unpaired) electrons. The van der Waals surface area contributed by atoms with Gasteiger partial charge in [0, 0.05) is 20.0 Å². The van der Waals surface area contributed by atoms with Crippen molar-refractivity contribution in [1.29, 1.82) is 0 Å². The van der Waals surface area contributed by atoms with Crippen LogP contribution in [0.5, 0.6) is 11.6 Å². The van der Waals surface area contributed by atoms with Crippen molar-refractivity contribution in [3.63, 3.8) is 0 Å². The molecule has 0 fully saturated rings. The minimum Gasteiger partial charge on any atom is -0.487 e. The Hall–Kier alpha value is -3.78. The van der Waals surface area contributed by atoms with Crippen LogP contribution in [0.3, 0.4) is 0 Å². The molecule has 0 amide bonds. The molecule has 0 saturated heterocycles. The van der Waals surface area contributed by atoms with E-state index in [2.05, 4.69) is 31.0 Å². The third-order valence-electron chi connectivity index (χ3n) is 5.39. The van der Waals surface area contributed by atoms with Crippen LogP contribution in [0.15, 0.2) is 63.9 Å². The van der Waals surface area contributed by atoms with E-state index in [1.54, 1.807) is 0 Å². The summed E-state index contributed by atoms with van der Waals surface area (Å²) < 4.78 is 95.6. The lowest BCUT2D eigenvalue weighted by molar-refractivity contribution is -0.143. The number of benzene rings is 1. The van der Waals surface area contributed by atoms with Crippen molar-refractivity contribution in [2.24, 2.45) is 0 Å². The number of hydrogen-bond donors (Lipinski definition) is 0. The molecule has 0 aliphatic carbocycles. The molecule has 4 aromatic heterocycles. The number of ketones is 1. The molecule has 4 heterocycles. The van der Waals surface area contributed by atoms with Crippen LogP contribution in [0.25, 0.3) is 20.9 Å². The average molecular weight is 642 g/mol. The van der Waals surface area contributed by atoms with Crippen LogP contribution >= 0.6 is 27.3 Å². The van der Waals surface area contributed by atoms with E-state index in [4.69, 9.17) is 18.0 Å². The Kier molecular flexibility index (Phi) is 6.84. The van der Waals surface area contributed by atoms with E-state index in [0.717, 1.165) is 29.7 Å². The predicted octanol–water partition coefficient (Wildman–Crippen LogP) is 6.77. The van der Waals surface area contributed by atoms with Crippen LogP contribution in [-0.4, -0.2) is 37.8 Å². The van der Waals surface area contributed by atoms with Gasteiger partial charge in [0.2, 0.25) is 5.88 Å². The number of aromatic nitrogens is 4. The largest absolute Gasteiger partial charge is 0.487 e. The number of ether oxygens (including phenoxy) is 2. The first kappa shape index (κ1) is 24.1. The van der Waals surface area contributed by atoms with E-state index in [1.807, 2.05) is 0 Å². The van der Waals surface area contributed by atoms with E-state index in [9.17, 15) is 22.4 Å². The third-order valence-corrected chi connectivity index (χ3v) is 7.56. The summed E-state index contributed by atoms with van der Waals surface area (Å²) in [5, 5.41) is 3.90. The van der Waals surface area contributed by atoms with Crippen molar-refractivity contribution in [2.75, 3.05) is 0 Å². The summed E-state index contributed by atoms with van der Waals surface area (Å²) in [6, 6.07) is 8.59. The number of rotatable bonds is 10. The zero-order valence-corrected chi connectivity index (χ0v) is 22.7. The summed E-state index contributed by atoms with van der Waals surface area (Å²) in [6.07, 6.45) is -5.43. The fourth-order valence-electron chi connectivity index (χ4n) is 3.61. The molecular weight excluding hydrogens is 620 g/mol. The smallest absolute Gasteiger partial charge is 0.408 e. The molecule has 0 unspecified atom stereocenters. The molecule has 0 N–H and O–H groups in total. The van der Waals surface area contributed by atoms with Gasteiger partial charge in [0.25, 0.3) is 6.01 Å². The highest BCUT2D eigenvalue weighted by atomic mass is 79.9. The molecule has 5 aromatic rings. The standard InChI is InChI=1S/C26H19BrF4N4O4S/c1-14(36)19(39-24-21-22(27)23(18-6-7-20(28)38-18)40-25(21)33-13-32-24)10-15-4-2-3-5-17(15)37-11-16-8-9-34-35(16)12-26(29,30)31/h2-9,13,19H,10-12H2,1H3/t19-/m1/s1/i10D,11D2/t10-,19+/m0. The van der Waals surface area contributed by atoms with Gasteiger partial charge in [-0.2, -0.15) is 22.7 Å². The number of Topliss-reactive ketones (excluding diaryl/α,β-unsaturated/α-hetero) is 1. The second-order valence-corrected chi connectivity index (χ2v) is 10.0. The minimum atomic E-state index is -4.66. The third kappa shape index (κ3) is 6.17. The fraction of sp³-hybridized carbons (Fsp3) is 0.231. The van der Waals surface area contributed by atoms with Gasteiger partial charge in [-0.25, -0.2) is 9.97 Å². The first-order valence-electron chi connectivity index (χ1n) is 13.0. The van der Waals surface area contributed by atoms with Gasteiger partial charge in [-0.3, -0.25) is 9.48 Å².